The molecule has 372 valence electrons. The number of hydrogen-bond acceptors (Lipinski definition) is 10. The van der Waals surface area contributed by atoms with E-state index in [2.05, 4.69) is 46.2 Å². The predicted molar refractivity (Wildman–Crippen MR) is 269 cm³/mol. The van der Waals surface area contributed by atoms with E-state index in [0.717, 1.165) is 76.7 Å². The summed E-state index contributed by atoms with van der Waals surface area (Å²) in [4.78, 5) is 74.2. The number of fused-ring (bicyclic) bond motifs is 6. The van der Waals surface area contributed by atoms with E-state index in [9.17, 15) is 29.1 Å². The number of aliphatic hydroxyl groups excluding tert-OH is 1. The van der Waals surface area contributed by atoms with Crippen LogP contribution in [0.15, 0.2) is 78.3 Å². The predicted octanol–water partition coefficient (Wildman–Crippen LogP) is 7.33. The van der Waals surface area contributed by atoms with Crippen molar-refractivity contribution in [2.45, 2.75) is 117 Å². The molecule has 70 heavy (non-hydrogen) atoms. The van der Waals surface area contributed by atoms with Crippen LogP contribution in [0.1, 0.15) is 90.8 Å². The number of rotatable bonds is 14. The van der Waals surface area contributed by atoms with Gasteiger partial charge in [0.05, 0.1) is 28.8 Å². The molecule has 5 amide bonds. The Morgan fingerprint density at radius 3 is 2.47 bits per heavy atom. The molecule has 4 aromatic rings. The normalized spacial score (nSPS) is 28.5. The molecule has 0 bridgehead atoms. The van der Waals surface area contributed by atoms with Crippen LogP contribution in [0.4, 0.5) is 5.69 Å². The van der Waals surface area contributed by atoms with Crippen LogP contribution < -0.4 is 26.0 Å². The number of likely N-dealkylation sites (tertiary alicyclic amines) is 1. The Balaban J connectivity index is 0.759. The summed E-state index contributed by atoms with van der Waals surface area (Å²) in [6.45, 7) is 12.3. The van der Waals surface area contributed by atoms with Crippen LogP contribution >= 0.6 is 11.3 Å². The minimum absolute atomic E-state index is 0.0119. The summed E-state index contributed by atoms with van der Waals surface area (Å²) in [5, 5.41) is 24.7. The van der Waals surface area contributed by atoms with Gasteiger partial charge in [0.1, 0.15) is 31.0 Å². The number of ether oxygens (including phenoxy) is 2. The van der Waals surface area contributed by atoms with Gasteiger partial charge in [-0.15, -0.1) is 11.3 Å². The third kappa shape index (κ3) is 9.73. The zero-order valence-electron chi connectivity index (χ0n) is 41.2. The highest BCUT2D eigenvalue weighted by Gasteiger charge is 2.61. The van der Waals surface area contributed by atoms with Crippen molar-refractivity contribution in [1.82, 2.24) is 25.8 Å². The molecule has 3 aromatic carbocycles. The van der Waals surface area contributed by atoms with Crippen molar-refractivity contribution < 1.29 is 38.6 Å². The first-order valence-corrected chi connectivity index (χ1v) is 25.9. The summed E-state index contributed by atoms with van der Waals surface area (Å²) in [6, 6.07) is 17.7. The standard InChI is InChI=1S/C55H68N6O8S/c1-32-48(70-31-57-32)34-15-13-33(14-16-34)28-56-51(66)43-27-35(62)29-61(43)52(67)49(53(2,3)4)60-47(64)30-68-25-26-69-44-12-8-9-36-37(44)10-7-11-42(36)58-50(65)41-19-18-39-38-17-20-45-55(6,24-22-46(63)59-45)40(38)21-23-54(39,41)5/h7-16,22,24,31,35,38-41,43,45,49,62H,17-21,23,25-30H2,1-6H3,(H,56,66)(H,58,65)(H,59,63)(H,60,64)/t35-,38+,39+,40+,41-,43+,45-,49-,54+,55-/m1/s1. The fourth-order valence-corrected chi connectivity index (χ4v) is 13.7. The summed E-state index contributed by atoms with van der Waals surface area (Å²) in [7, 11) is 0. The largest absolute Gasteiger partial charge is 0.491 e. The number of aromatic nitrogens is 1. The van der Waals surface area contributed by atoms with E-state index >= 15 is 0 Å². The van der Waals surface area contributed by atoms with E-state index in [-0.39, 0.29) is 79.8 Å². The van der Waals surface area contributed by atoms with Crippen molar-refractivity contribution in [3.8, 4) is 16.2 Å². The van der Waals surface area contributed by atoms with Crippen LogP contribution in [-0.4, -0.2) is 95.1 Å². The highest BCUT2D eigenvalue weighted by atomic mass is 32.1. The van der Waals surface area contributed by atoms with Crippen molar-refractivity contribution in [1.29, 1.82) is 0 Å². The first kappa shape index (κ1) is 49.3. The van der Waals surface area contributed by atoms with E-state index < -0.39 is 35.4 Å². The fraction of sp³-hybridized carbons (Fsp3) is 0.527. The third-order valence-electron chi connectivity index (χ3n) is 16.6. The number of nitrogens with one attached hydrogen (secondary N) is 4. The average Bonchev–Trinajstić information content (AvgIpc) is 4.05. The van der Waals surface area contributed by atoms with Gasteiger partial charge in [0.15, 0.2) is 0 Å². The molecule has 0 unspecified atom stereocenters. The van der Waals surface area contributed by atoms with Gasteiger partial charge in [0.25, 0.3) is 0 Å². The molecule has 1 saturated heterocycles. The van der Waals surface area contributed by atoms with Crippen LogP contribution in [0, 0.1) is 46.8 Å². The second-order valence-electron chi connectivity index (χ2n) is 21.9. The first-order valence-electron chi connectivity index (χ1n) is 25.0. The number of aryl methyl sites for hydroxylation is 1. The first-order chi connectivity index (χ1) is 33.4. The molecule has 4 fully saturated rings. The number of carbonyl (C=O) groups excluding carboxylic acids is 5. The minimum atomic E-state index is -0.990. The lowest BCUT2D eigenvalue weighted by Crippen LogP contribution is -2.59. The van der Waals surface area contributed by atoms with E-state index in [1.165, 1.54) is 4.90 Å². The summed E-state index contributed by atoms with van der Waals surface area (Å²) in [6.07, 6.45) is 9.10. The summed E-state index contributed by atoms with van der Waals surface area (Å²) in [5.74, 6) is 0.768. The minimum Gasteiger partial charge on any atom is -0.491 e. The van der Waals surface area contributed by atoms with Gasteiger partial charge in [-0.3, -0.25) is 24.0 Å². The maximum absolute atomic E-state index is 14.3. The molecule has 14 nitrogen and oxygen atoms in total. The number of benzene rings is 3. The van der Waals surface area contributed by atoms with Gasteiger partial charge in [-0.2, -0.15) is 0 Å². The summed E-state index contributed by atoms with van der Waals surface area (Å²) >= 11 is 1.57. The molecule has 3 heterocycles. The summed E-state index contributed by atoms with van der Waals surface area (Å²) < 4.78 is 11.9. The molecule has 9 rings (SSSR count). The Morgan fingerprint density at radius 2 is 1.71 bits per heavy atom. The van der Waals surface area contributed by atoms with Crippen LogP contribution in [0.5, 0.6) is 5.75 Å². The van der Waals surface area contributed by atoms with Gasteiger partial charge in [0, 0.05) is 53.3 Å². The maximum Gasteiger partial charge on any atom is 0.246 e. The number of amides is 5. The van der Waals surface area contributed by atoms with E-state index in [1.807, 2.05) is 93.9 Å². The van der Waals surface area contributed by atoms with Crippen molar-refractivity contribution >= 4 is 57.3 Å². The number of hydrogen-bond donors (Lipinski definition) is 5. The molecule has 0 radical (unpaired) electrons. The average molecular weight is 973 g/mol. The number of aliphatic hydroxyl groups is 1. The van der Waals surface area contributed by atoms with Gasteiger partial charge >= 0.3 is 0 Å². The van der Waals surface area contributed by atoms with E-state index in [4.69, 9.17) is 9.47 Å². The zero-order chi connectivity index (χ0) is 49.5. The van der Waals surface area contributed by atoms with Crippen LogP contribution in [0.25, 0.3) is 21.2 Å². The number of thiazole rings is 1. The molecule has 10 atom stereocenters. The third-order valence-corrected chi connectivity index (χ3v) is 17.5. The Morgan fingerprint density at radius 1 is 0.943 bits per heavy atom. The molecule has 15 heteroatoms. The quantitative estimate of drug-likeness (QED) is 0.0807. The maximum atomic E-state index is 14.3. The monoisotopic (exact) mass is 972 g/mol. The molecular formula is C55H68N6O8S. The van der Waals surface area contributed by atoms with Crippen molar-refractivity contribution in [2.24, 2.45) is 39.9 Å². The highest BCUT2D eigenvalue weighted by molar-refractivity contribution is 7.13. The Kier molecular flexibility index (Phi) is 14.0. The molecule has 5 N–H and O–H groups in total. The molecular weight excluding hydrogens is 905 g/mol. The highest BCUT2D eigenvalue weighted by Crippen LogP contribution is 2.65. The lowest BCUT2D eigenvalue weighted by atomic mass is 9.48. The SMILES string of the molecule is Cc1ncsc1-c1ccc(CNC(=O)[C@@H]2C[C@@H](O)CN2C(=O)[C@@H](NC(=O)COCCOc2cccc3c(NC(=O)[C@H]4CC[C@H]5[C@@H]6CC[C@H]7NC(=O)C=C[C@]7(C)[C@H]6CC[C@]45C)cccc23)C(C)(C)C)cc1. The fourth-order valence-electron chi connectivity index (χ4n) is 12.9. The lowest BCUT2D eigenvalue weighted by Gasteiger charge is -2.58. The van der Waals surface area contributed by atoms with Crippen LogP contribution in [0.2, 0.25) is 0 Å². The second kappa shape index (κ2) is 19.9. The Bertz CT molecular complexity index is 2660. The van der Waals surface area contributed by atoms with Gasteiger partial charge in [-0.05, 0) is 103 Å². The lowest BCUT2D eigenvalue weighted by molar-refractivity contribution is -0.144. The molecule has 5 aliphatic rings. The van der Waals surface area contributed by atoms with Crippen molar-refractivity contribution in [3.05, 3.63) is 89.6 Å². The number of carbonyl (C=O) groups is 5. The molecule has 3 aliphatic carbocycles. The number of β-amino-alcohol motifs (C(OH)–C–C–N with tert-alkyl or cyclic N) is 1. The van der Waals surface area contributed by atoms with Gasteiger partial charge < -0.3 is 40.7 Å². The number of anilines is 1. The Labute approximate surface area is 414 Å². The smallest absolute Gasteiger partial charge is 0.246 e. The van der Waals surface area contributed by atoms with Crippen LogP contribution in [0.3, 0.4) is 0 Å². The Hall–Kier alpha value is -5.64. The van der Waals surface area contributed by atoms with E-state index in [0.29, 0.717) is 23.5 Å². The molecule has 2 aliphatic heterocycles. The van der Waals surface area contributed by atoms with Crippen molar-refractivity contribution in [2.75, 3.05) is 31.7 Å². The van der Waals surface area contributed by atoms with Gasteiger partial charge in [-0.1, -0.05) is 89.2 Å². The van der Waals surface area contributed by atoms with Gasteiger partial charge in [0.2, 0.25) is 29.5 Å². The molecule has 0 spiro atoms. The molecule has 3 saturated carbocycles. The van der Waals surface area contributed by atoms with E-state index in [1.54, 1.807) is 17.4 Å². The van der Waals surface area contributed by atoms with Crippen LogP contribution in [-0.2, 0) is 35.3 Å². The second-order valence-corrected chi connectivity index (χ2v) is 22.7. The van der Waals surface area contributed by atoms with Crippen molar-refractivity contribution in [3.63, 3.8) is 0 Å². The topological polar surface area (TPSA) is 188 Å². The molecule has 1 aromatic heterocycles. The number of nitrogens with zero attached hydrogens (tertiary/aromatic N) is 2. The summed E-state index contributed by atoms with van der Waals surface area (Å²) in [5.41, 5.74) is 4.59. The zero-order valence-corrected chi connectivity index (χ0v) is 42.0. The van der Waals surface area contributed by atoms with Gasteiger partial charge in [-0.25, -0.2) is 4.98 Å².